The van der Waals surface area contributed by atoms with Gasteiger partial charge in [0.1, 0.15) is 0 Å². The first-order chi connectivity index (χ1) is 9.95. The topological polar surface area (TPSA) is 15.3 Å². The van der Waals surface area contributed by atoms with Crippen LogP contribution in [0.4, 0.5) is 0 Å². The van der Waals surface area contributed by atoms with Gasteiger partial charge in [0.25, 0.3) is 0 Å². The number of fused-ring (bicyclic) bond motifs is 1. The van der Waals surface area contributed by atoms with Crippen molar-refractivity contribution < 1.29 is 0 Å². The SMILES string of the molecule is CCCC(C)(CNC(C)C)CN1CCc2sccc2C1C. The molecule has 0 fully saturated rings. The van der Waals surface area contributed by atoms with Crippen LogP contribution in [-0.4, -0.2) is 30.6 Å². The Balaban J connectivity index is 2.03. The van der Waals surface area contributed by atoms with Gasteiger partial charge in [0.05, 0.1) is 0 Å². The Labute approximate surface area is 134 Å². The molecule has 120 valence electrons. The third-order valence-corrected chi connectivity index (χ3v) is 5.78. The van der Waals surface area contributed by atoms with Crippen LogP contribution in [-0.2, 0) is 6.42 Å². The lowest BCUT2D eigenvalue weighted by molar-refractivity contribution is 0.108. The fourth-order valence-electron chi connectivity index (χ4n) is 3.55. The summed E-state index contributed by atoms with van der Waals surface area (Å²) in [6.07, 6.45) is 3.80. The van der Waals surface area contributed by atoms with E-state index in [4.69, 9.17) is 0 Å². The Hall–Kier alpha value is -0.380. The van der Waals surface area contributed by atoms with Crippen LogP contribution in [0.1, 0.15) is 63.9 Å². The maximum Gasteiger partial charge on any atom is 0.0331 e. The van der Waals surface area contributed by atoms with Crippen LogP contribution >= 0.6 is 11.3 Å². The molecule has 0 radical (unpaired) electrons. The smallest absolute Gasteiger partial charge is 0.0331 e. The molecule has 1 aliphatic heterocycles. The van der Waals surface area contributed by atoms with E-state index in [-0.39, 0.29) is 0 Å². The maximum atomic E-state index is 3.66. The summed E-state index contributed by atoms with van der Waals surface area (Å²) in [5.74, 6) is 0. The predicted molar refractivity (Wildman–Crippen MR) is 94.2 cm³/mol. The van der Waals surface area contributed by atoms with Gasteiger partial charge in [-0.3, -0.25) is 4.90 Å². The van der Waals surface area contributed by atoms with E-state index in [1.165, 1.54) is 32.4 Å². The fourth-order valence-corrected chi connectivity index (χ4v) is 4.51. The van der Waals surface area contributed by atoms with Gasteiger partial charge in [0.2, 0.25) is 0 Å². The summed E-state index contributed by atoms with van der Waals surface area (Å²) in [6, 6.07) is 3.49. The molecular weight excluding hydrogens is 276 g/mol. The van der Waals surface area contributed by atoms with E-state index >= 15 is 0 Å². The summed E-state index contributed by atoms with van der Waals surface area (Å²) in [6.45, 7) is 15.2. The van der Waals surface area contributed by atoms with E-state index in [0.29, 0.717) is 17.5 Å². The molecule has 0 amide bonds. The molecule has 2 heterocycles. The average Bonchev–Trinajstić information content (AvgIpc) is 2.89. The van der Waals surface area contributed by atoms with E-state index in [1.807, 2.05) is 11.3 Å². The van der Waals surface area contributed by atoms with E-state index in [2.05, 4.69) is 56.3 Å². The Kier molecular flexibility index (Phi) is 5.87. The van der Waals surface area contributed by atoms with E-state index < -0.39 is 0 Å². The molecule has 1 aromatic heterocycles. The van der Waals surface area contributed by atoms with Crippen LogP contribution in [0, 0.1) is 5.41 Å². The van der Waals surface area contributed by atoms with Gasteiger partial charge in [-0.05, 0) is 42.2 Å². The molecule has 3 heteroatoms. The summed E-state index contributed by atoms with van der Waals surface area (Å²) >= 11 is 1.93. The van der Waals surface area contributed by atoms with Gasteiger partial charge >= 0.3 is 0 Å². The molecule has 2 nitrogen and oxygen atoms in total. The highest BCUT2D eigenvalue weighted by Crippen LogP contribution is 2.35. The summed E-state index contributed by atoms with van der Waals surface area (Å²) in [7, 11) is 0. The maximum absolute atomic E-state index is 3.66. The second-order valence-corrected chi connectivity index (χ2v) is 8.29. The first-order valence-corrected chi connectivity index (χ1v) is 9.37. The minimum atomic E-state index is 0.376. The zero-order valence-electron chi connectivity index (χ0n) is 14.4. The van der Waals surface area contributed by atoms with E-state index in [1.54, 1.807) is 10.4 Å². The monoisotopic (exact) mass is 308 g/mol. The zero-order valence-corrected chi connectivity index (χ0v) is 15.2. The van der Waals surface area contributed by atoms with Gasteiger partial charge in [-0.15, -0.1) is 11.3 Å². The van der Waals surface area contributed by atoms with Gasteiger partial charge in [-0.2, -0.15) is 0 Å². The summed E-state index contributed by atoms with van der Waals surface area (Å²) in [5, 5.41) is 5.92. The first kappa shape index (κ1) is 17.0. The Morgan fingerprint density at radius 2 is 2.24 bits per heavy atom. The Morgan fingerprint density at radius 1 is 1.48 bits per heavy atom. The van der Waals surface area contributed by atoms with Crippen molar-refractivity contribution in [1.29, 1.82) is 0 Å². The lowest BCUT2D eigenvalue weighted by Gasteiger charge is -2.41. The molecule has 0 aliphatic carbocycles. The van der Waals surface area contributed by atoms with Gasteiger partial charge in [0, 0.05) is 36.6 Å². The number of hydrogen-bond acceptors (Lipinski definition) is 3. The summed E-state index contributed by atoms with van der Waals surface area (Å²) in [4.78, 5) is 4.31. The van der Waals surface area contributed by atoms with Gasteiger partial charge in [0.15, 0.2) is 0 Å². The average molecular weight is 309 g/mol. The fraction of sp³-hybridized carbons (Fsp3) is 0.778. The van der Waals surface area contributed by atoms with Crippen molar-refractivity contribution in [2.24, 2.45) is 5.41 Å². The predicted octanol–water partition coefficient (Wildman–Crippen LogP) is 4.47. The van der Waals surface area contributed by atoms with Crippen molar-refractivity contribution >= 4 is 11.3 Å². The second kappa shape index (κ2) is 7.26. The molecule has 0 saturated carbocycles. The quantitative estimate of drug-likeness (QED) is 0.799. The highest BCUT2D eigenvalue weighted by molar-refractivity contribution is 7.10. The minimum absolute atomic E-state index is 0.376. The van der Waals surface area contributed by atoms with Crippen LogP contribution in [0.5, 0.6) is 0 Å². The van der Waals surface area contributed by atoms with Crippen molar-refractivity contribution in [3.05, 3.63) is 21.9 Å². The Morgan fingerprint density at radius 3 is 2.90 bits per heavy atom. The van der Waals surface area contributed by atoms with Crippen molar-refractivity contribution in [1.82, 2.24) is 10.2 Å². The molecular formula is C18H32N2S. The van der Waals surface area contributed by atoms with Crippen LogP contribution in [0.3, 0.4) is 0 Å². The molecule has 1 aliphatic rings. The molecule has 2 rings (SSSR count). The van der Waals surface area contributed by atoms with Crippen molar-refractivity contribution in [2.45, 2.75) is 66.0 Å². The number of nitrogens with one attached hydrogen (secondary N) is 1. The third-order valence-electron chi connectivity index (χ3n) is 4.78. The largest absolute Gasteiger partial charge is 0.314 e. The number of rotatable bonds is 7. The molecule has 1 aromatic rings. The van der Waals surface area contributed by atoms with Gasteiger partial charge < -0.3 is 5.32 Å². The van der Waals surface area contributed by atoms with Crippen molar-refractivity contribution in [3.63, 3.8) is 0 Å². The molecule has 0 spiro atoms. The molecule has 2 atom stereocenters. The number of hydrogen-bond donors (Lipinski definition) is 1. The lowest BCUT2D eigenvalue weighted by Crippen LogP contribution is -2.46. The van der Waals surface area contributed by atoms with Crippen LogP contribution in [0.15, 0.2) is 11.4 Å². The van der Waals surface area contributed by atoms with E-state index in [0.717, 1.165) is 6.54 Å². The van der Waals surface area contributed by atoms with Crippen LogP contribution in [0.25, 0.3) is 0 Å². The van der Waals surface area contributed by atoms with Gasteiger partial charge in [-0.1, -0.05) is 34.1 Å². The molecule has 0 saturated heterocycles. The lowest BCUT2D eigenvalue weighted by atomic mass is 9.83. The molecule has 1 N–H and O–H groups in total. The Bertz CT molecular complexity index is 440. The van der Waals surface area contributed by atoms with Crippen molar-refractivity contribution in [2.75, 3.05) is 19.6 Å². The molecule has 2 unspecified atom stereocenters. The van der Waals surface area contributed by atoms with Crippen LogP contribution in [0.2, 0.25) is 0 Å². The molecule has 0 aromatic carbocycles. The summed E-state index contributed by atoms with van der Waals surface area (Å²) < 4.78 is 0. The van der Waals surface area contributed by atoms with Crippen LogP contribution < -0.4 is 5.32 Å². The standard InChI is InChI=1S/C18H32N2S/c1-6-9-18(5,12-19-14(2)3)13-20-10-7-17-16(15(20)4)8-11-21-17/h8,11,14-15,19H,6-7,9-10,12-13H2,1-5H3. The number of nitrogens with zero attached hydrogens (tertiary/aromatic N) is 1. The third kappa shape index (κ3) is 4.30. The van der Waals surface area contributed by atoms with Gasteiger partial charge in [-0.25, -0.2) is 0 Å². The normalized spacial score (nSPS) is 22.3. The van der Waals surface area contributed by atoms with Crippen molar-refractivity contribution in [3.8, 4) is 0 Å². The highest BCUT2D eigenvalue weighted by Gasteiger charge is 2.31. The molecule has 21 heavy (non-hydrogen) atoms. The first-order valence-electron chi connectivity index (χ1n) is 8.49. The van der Waals surface area contributed by atoms with E-state index in [9.17, 15) is 0 Å². The number of thiophene rings is 1. The second-order valence-electron chi connectivity index (χ2n) is 7.29. The molecule has 0 bridgehead atoms. The summed E-state index contributed by atoms with van der Waals surface area (Å²) in [5.41, 5.74) is 1.95. The zero-order chi connectivity index (χ0) is 15.5. The highest BCUT2D eigenvalue weighted by atomic mass is 32.1. The minimum Gasteiger partial charge on any atom is -0.314 e.